The lowest BCUT2D eigenvalue weighted by Gasteiger charge is -2.07. The van der Waals surface area contributed by atoms with E-state index >= 15 is 0 Å². The molecule has 2 aromatic carbocycles. The summed E-state index contributed by atoms with van der Waals surface area (Å²) in [5, 5.41) is 2.63. The van der Waals surface area contributed by atoms with Gasteiger partial charge < -0.3 is 4.74 Å². The summed E-state index contributed by atoms with van der Waals surface area (Å²) in [5.74, 6) is 1.60. The highest BCUT2D eigenvalue weighted by molar-refractivity contribution is 8.01. The van der Waals surface area contributed by atoms with E-state index in [2.05, 4.69) is 0 Å². The van der Waals surface area contributed by atoms with Crippen LogP contribution in [0.15, 0.2) is 60.0 Å². The van der Waals surface area contributed by atoms with Crippen LogP contribution < -0.4 is 4.74 Å². The van der Waals surface area contributed by atoms with E-state index in [4.69, 9.17) is 16.3 Å². The fourth-order valence-electron chi connectivity index (χ4n) is 1.50. The van der Waals surface area contributed by atoms with Crippen molar-refractivity contribution in [1.82, 2.24) is 0 Å². The van der Waals surface area contributed by atoms with Crippen LogP contribution in [0.1, 0.15) is 5.56 Å². The Morgan fingerprint density at radius 1 is 1.06 bits per heavy atom. The molecule has 0 amide bonds. The zero-order valence-electron chi connectivity index (χ0n) is 9.97. The Bertz CT molecular complexity index is 537. The van der Waals surface area contributed by atoms with E-state index in [1.165, 1.54) is 0 Å². The van der Waals surface area contributed by atoms with Crippen molar-refractivity contribution in [3.63, 3.8) is 0 Å². The molecule has 0 spiro atoms. The van der Waals surface area contributed by atoms with Gasteiger partial charge in [-0.1, -0.05) is 41.9 Å². The van der Waals surface area contributed by atoms with Gasteiger partial charge in [-0.05, 0) is 41.5 Å². The normalized spacial score (nSPS) is 11.3. The van der Waals surface area contributed by atoms with Gasteiger partial charge in [-0.15, -0.1) is 11.8 Å². The van der Waals surface area contributed by atoms with Gasteiger partial charge in [0.25, 0.3) is 0 Å². The van der Waals surface area contributed by atoms with E-state index in [1.807, 2.05) is 66.3 Å². The Kier molecular flexibility index (Phi) is 4.73. The molecule has 0 fully saturated rings. The summed E-state index contributed by atoms with van der Waals surface area (Å²) in [6, 6.07) is 17.4. The summed E-state index contributed by atoms with van der Waals surface area (Å²) in [6.45, 7) is 0. The van der Waals surface area contributed by atoms with Gasteiger partial charge in [0.2, 0.25) is 0 Å². The first-order valence-corrected chi connectivity index (χ1v) is 7.18. The smallest absolute Gasteiger partial charge is 0.128 e. The van der Waals surface area contributed by atoms with Crippen molar-refractivity contribution in [1.29, 1.82) is 0 Å². The summed E-state index contributed by atoms with van der Waals surface area (Å²) in [7, 11) is 0. The molecule has 0 aliphatic heterocycles. The van der Waals surface area contributed by atoms with Crippen LogP contribution in [0.5, 0.6) is 11.5 Å². The molecule has 0 aromatic heterocycles. The van der Waals surface area contributed by atoms with Gasteiger partial charge in [0.15, 0.2) is 0 Å². The minimum atomic E-state index is 0.723. The zero-order chi connectivity index (χ0) is 12.8. The van der Waals surface area contributed by atoms with E-state index in [9.17, 15) is 0 Å². The molecule has 18 heavy (non-hydrogen) atoms. The number of para-hydroxylation sites is 1. The molecule has 2 aromatic rings. The molecule has 0 heterocycles. The number of ether oxygens (including phenoxy) is 1. The van der Waals surface area contributed by atoms with Gasteiger partial charge in [0.1, 0.15) is 11.5 Å². The lowest BCUT2D eigenvalue weighted by molar-refractivity contribution is 0.482. The maximum atomic E-state index is 6.17. The van der Waals surface area contributed by atoms with Crippen molar-refractivity contribution in [2.45, 2.75) is 0 Å². The highest BCUT2D eigenvalue weighted by atomic mass is 35.5. The predicted octanol–water partition coefficient (Wildman–Crippen LogP) is 5.38. The Morgan fingerprint density at radius 2 is 1.78 bits per heavy atom. The number of hydrogen-bond donors (Lipinski definition) is 0. The second-order valence-corrected chi connectivity index (χ2v) is 4.76. The fourth-order valence-corrected chi connectivity index (χ4v) is 2.23. The molecule has 0 atom stereocenters. The van der Waals surface area contributed by atoms with E-state index in [1.54, 1.807) is 11.8 Å². The summed E-state index contributed by atoms with van der Waals surface area (Å²) in [6.07, 6.45) is 1.98. The number of benzene rings is 2. The Morgan fingerprint density at radius 3 is 2.50 bits per heavy atom. The van der Waals surface area contributed by atoms with E-state index in [-0.39, 0.29) is 0 Å². The molecular weight excluding hydrogens is 264 g/mol. The van der Waals surface area contributed by atoms with Gasteiger partial charge in [0, 0.05) is 0 Å². The van der Waals surface area contributed by atoms with Crippen molar-refractivity contribution >= 4 is 28.4 Å². The molecule has 92 valence electrons. The largest absolute Gasteiger partial charge is 0.457 e. The maximum Gasteiger partial charge on any atom is 0.128 e. The molecule has 0 saturated carbocycles. The quantitative estimate of drug-likeness (QED) is 0.741. The maximum absolute atomic E-state index is 6.17. The number of thioether (sulfide) groups is 1. The minimum absolute atomic E-state index is 0.723. The summed E-state index contributed by atoms with van der Waals surface area (Å²) >= 11 is 7.75. The van der Waals surface area contributed by atoms with Crippen molar-refractivity contribution < 1.29 is 4.74 Å². The van der Waals surface area contributed by atoms with Crippen LogP contribution in [0, 0.1) is 0 Å². The Hall–Kier alpha value is -1.38. The molecular formula is C15H13ClOS. The first-order valence-electron chi connectivity index (χ1n) is 5.51. The average Bonchev–Trinajstić information content (AvgIpc) is 2.40. The molecule has 0 unspecified atom stereocenters. The minimum Gasteiger partial charge on any atom is -0.457 e. The molecule has 0 radical (unpaired) electrons. The molecule has 1 nitrogen and oxygen atoms in total. The summed E-state index contributed by atoms with van der Waals surface area (Å²) < 4.78 is 5.75. The van der Waals surface area contributed by atoms with Gasteiger partial charge >= 0.3 is 0 Å². The van der Waals surface area contributed by atoms with Gasteiger partial charge in [-0.3, -0.25) is 0 Å². The molecule has 0 N–H and O–H groups in total. The molecule has 0 bridgehead atoms. The molecule has 0 saturated heterocycles. The van der Waals surface area contributed by atoms with E-state index in [0.29, 0.717) is 0 Å². The van der Waals surface area contributed by atoms with Crippen molar-refractivity contribution in [2.24, 2.45) is 0 Å². The third kappa shape index (κ3) is 3.56. The summed E-state index contributed by atoms with van der Waals surface area (Å²) in [4.78, 5) is 0. The molecule has 3 heteroatoms. The van der Waals surface area contributed by atoms with Crippen molar-refractivity contribution in [3.05, 3.63) is 65.6 Å². The van der Waals surface area contributed by atoms with Crippen LogP contribution in [0.4, 0.5) is 0 Å². The van der Waals surface area contributed by atoms with Crippen LogP contribution in [0.3, 0.4) is 0 Å². The molecule has 2 rings (SSSR count). The Labute approximate surface area is 116 Å². The third-order valence-electron chi connectivity index (χ3n) is 2.31. The molecule has 0 aliphatic carbocycles. The average molecular weight is 277 g/mol. The van der Waals surface area contributed by atoms with Crippen LogP contribution >= 0.6 is 23.4 Å². The van der Waals surface area contributed by atoms with Crippen molar-refractivity contribution in [3.8, 4) is 11.5 Å². The lowest BCUT2D eigenvalue weighted by atomic mass is 10.2. The SMILES string of the molecule is CSC=C(Cl)c1cccc(Oc2ccccc2)c1. The van der Waals surface area contributed by atoms with Gasteiger partial charge in [-0.2, -0.15) is 0 Å². The van der Waals surface area contributed by atoms with Crippen LogP contribution in [0.2, 0.25) is 0 Å². The van der Waals surface area contributed by atoms with Gasteiger partial charge in [0.05, 0.1) is 5.03 Å². The second-order valence-electron chi connectivity index (χ2n) is 3.64. The number of hydrogen-bond acceptors (Lipinski definition) is 2. The molecule has 0 aliphatic rings. The fraction of sp³-hybridized carbons (Fsp3) is 0.0667. The lowest BCUT2D eigenvalue weighted by Crippen LogP contribution is -1.85. The number of halogens is 1. The van der Waals surface area contributed by atoms with Gasteiger partial charge in [-0.25, -0.2) is 0 Å². The standard InChI is InChI=1S/C15H13ClOS/c1-18-11-15(16)12-6-5-9-14(10-12)17-13-7-3-2-4-8-13/h2-11H,1H3. The second kappa shape index (κ2) is 6.53. The zero-order valence-corrected chi connectivity index (χ0v) is 11.5. The van der Waals surface area contributed by atoms with Crippen molar-refractivity contribution in [2.75, 3.05) is 6.26 Å². The first-order chi connectivity index (χ1) is 8.79. The predicted molar refractivity (Wildman–Crippen MR) is 80.3 cm³/mol. The van der Waals surface area contributed by atoms with E-state index < -0.39 is 0 Å². The topological polar surface area (TPSA) is 9.23 Å². The highest BCUT2D eigenvalue weighted by Gasteiger charge is 2.01. The highest BCUT2D eigenvalue weighted by Crippen LogP contribution is 2.27. The van der Waals surface area contributed by atoms with Crippen LogP contribution in [0.25, 0.3) is 5.03 Å². The van der Waals surface area contributed by atoms with Crippen LogP contribution in [-0.4, -0.2) is 6.26 Å². The number of rotatable bonds is 4. The summed E-state index contributed by atoms with van der Waals surface area (Å²) in [5.41, 5.74) is 0.958. The Balaban J connectivity index is 2.20. The van der Waals surface area contributed by atoms with Crippen LogP contribution in [-0.2, 0) is 0 Å². The first kappa shape index (κ1) is 13.1. The third-order valence-corrected chi connectivity index (χ3v) is 3.24. The van der Waals surface area contributed by atoms with E-state index in [0.717, 1.165) is 22.1 Å². The monoisotopic (exact) mass is 276 g/mol.